The van der Waals surface area contributed by atoms with Crippen molar-refractivity contribution in [2.45, 2.75) is 39.1 Å². The van der Waals surface area contributed by atoms with E-state index in [0.29, 0.717) is 39.9 Å². The minimum atomic E-state index is -0.192. The molecular weight excluding hydrogens is 443 g/mol. The van der Waals surface area contributed by atoms with E-state index in [2.05, 4.69) is 21.6 Å². The zero-order valence-corrected chi connectivity index (χ0v) is 19.2. The van der Waals surface area contributed by atoms with Gasteiger partial charge in [0, 0.05) is 11.6 Å². The fraction of sp³-hybridized carbons (Fsp3) is 0.286. The Morgan fingerprint density at radius 2 is 1.97 bits per heavy atom. The third-order valence-electron chi connectivity index (χ3n) is 4.33. The van der Waals surface area contributed by atoms with Crippen molar-refractivity contribution in [3.05, 3.63) is 63.4 Å². The predicted octanol–water partition coefficient (Wildman–Crippen LogP) is 5.53. The maximum absolute atomic E-state index is 12.3. The second-order valence-electron chi connectivity index (χ2n) is 6.66. The molecule has 2 aromatic carbocycles. The number of carbonyl (C=O) groups is 1. The van der Waals surface area contributed by atoms with Crippen molar-refractivity contribution in [1.29, 1.82) is 0 Å². The summed E-state index contributed by atoms with van der Waals surface area (Å²) in [4.78, 5) is 12.3. The molecular formula is C21H22Cl2N4O2S. The standard InChI is InChI=1S/C21H22Cl2N4O2S/c1-4-27-19(11-29-18-8-5-13(2)9-14(18)3)25-26-21(27)30-12-20(28)24-17-7-6-15(22)10-16(17)23/h5-10H,4,11-12H2,1-3H3,(H,24,28). The topological polar surface area (TPSA) is 69.0 Å². The van der Waals surface area contributed by atoms with Crippen molar-refractivity contribution < 1.29 is 9.53 Å². The van der Waals surface area contributed by atoms with E-state index in [1.54, 1.807) is 18.2 Å². The summed E-state index contributed by atoms with van der Waals surface area (Å²) in [6.07, 6.45) is 0. The van der Waals surface area contributed by atoms with E-state index < -0.39 is 0 Å². The molecule has 9 heteroatoms. The van der Waals surface area contributed by atoms with Crippen LogP contribution >= 0.6 is 35.0 Å². The Hall–Kier alpha value is -2.22. The van der Waals surface area contributed by atoms with Gasteiger partial charge in [0.05, 0.1) is 16.5 Å². The number of thioether (sulfide) groups is 1. The molecule has 0 saturated heterocycles. The van der Waals surface area contributed by atoms with Gasteiger partial charge in [0.1, 0.15) is 12.4 Å². The van der Waals surface area contributed by atoms with E-state index in [4.69, 9.17) is 27.9 Å². The molecule has 1 aromatic heterocycles. The molecule has 0 saturated carbocycles. The molecule has 0 fully saturated rings. The average molecular weight is 465 g/mol. The molecule has 1 amide bonds. The van der Waals surface area contributed by atoms with Gasteiger partial charge in [0.15, 0.2) is 11.0 Å². The second kappa shape index (κ2) is 10.2. The molecule has 6 nitrogen and oxygen atoms in total. The largest absolute Gasteiger partial charge is 0.485 e. The van der Waals surface area contributed by atoms with Crippen LogP contribution in [-0.4, -0.2) is 26.4 Å². The van der Waals surface area contributed by atoms with Crippen molar-refractivity contribution >= 4 is 46.6 Å². The molecule has 0 aliphatic heterocycles. The fourth-order valence-corrected chi connectivity index (χ4v) is 4.14. The number of nitrogens with zero attached hydrogens (tertiary/aromatic N) is 3. The number of anilines is 1. The van der Waals surface area contributed by atoms with Gasteiger partial charge in [-0.3, -0.25) is 4.79 Å². The summed E-state index contributed by atoms with van der Waals surface area (Å²) in [5, 5.41) is 12.8. The summed E-state index contributed by atoms with van der Waals surface area (Å²) >= 11 is 13.3. The maximum atomic E-state index is 12.3. The molecule has 0 bridgehead atoms. The highest BCUT2D eigenvalue weighted by Gasteiger charge is 2.15. The summed E-state index contributed by atoms with van der Waals surface area (Å²) in [7, 11) is 0. The van der Waals surface area contributed by atoms with Gasteiger partial charge in [0.2, 0.25) is 5.91 Å². The number of rotatable bonds is 8. The molecule has 0 atom stereocenters. The Bertz CT molecular complexity index is 1060. The van der Waals surface area contributed by atoms with Crippen molar-refractivity contribution in [3.63, 3.8) is 0 Å². The first-order valence-corrected chi connectivity index (χ1v) is 11.1. The number of aromatic nitrogens is 3. The van der Waals surface area contributed by atoms with Gasteiger partial charge >= 0.3 is 0 Å². The number of hydrogen-bond acceptors (Lipinski definition) is 5. The van der Waals surface area contributed by atoms with Crippen LogP contribution in [0, 0.1) is 13.8 Å². The van der Waals surface area contributed by atoms with E-state index in [-0.39, 0.29) is 11.7 Å². The lowest BCUT2D eigenvalue weighted by Gasteiger charge is -2.11. The van der Waals surface area contributed by atoms with Gasteiger partial charge in [-0.25, -0.2) is 0 Å². The Labute approximate surface area is 189 Å². The number of halogens is 2. The van der Waals surface area contributed by atoms with Crippen molar-refractivity contribution in [3.8, 4) is 5.75 Å². The molecule has 0 unspecified atom stereocenters. The molecule has 30 heavy (non-hydrogen) atoms. The van der Waals surface area contributed by atoms with Crippen molar-refractivity contribution in [1.82, 2.24) is 14.8 Å². The number of ether oxygens (including phenoxy) is 1. The first-order valence-electron chi connectivity index (χ1n) is 9.37. The second-order valence-corrected chi connectivity index (χ2v) is 8.45. The molecule has 0 aliphatic carbocycles. The Morgan fingerprint density at radius 1 is 1.17 bits per heavy atom. The minimum Gasteiger partial charge on any atom is -0.485 e. The van der Waals surface area contributed by atoms with Gasteiger partial charge in [-0.1, -0.05) is 52.7 Å². The molecule has 0 aliphatic rings. The highest BCUT2D eigenvalue weighted by atomic mass is 35.5. The molecule has 1 N–H and O–H groups in total. The van der Waals surface area contributed by atoms with Crippen LogP contribution in [0.15, 0.2) is 41.6 Å². The summed E-state index contributed by atoms with van der Waals surface area (Å²) in [6, 6.07) is 11.0. The van der Waals surface area contributed by atoms with Crippen LogP contribution in [0.1, 0.15) is 23.9 Å². The molecule has 158 valence electrons. The number of carbonyl (C=O) groups excluding carboxylic acids is 1. The van der Waals surface area contributed by atoms with Crippen LogP contribution in [0.25, 0.3) is 0 Å². The number of aryl methyl sites for hydroxylation is 2. The molecule has 3 rings (SSSR count). The third-order valence-corrected chi connectivity index (χ3v) is 5.85. The third kappa shape index (κ3) is 5.68. The monoisotopic (exact) mass is 464 g/mol. The minimum absolute atomic E-state index is 0.176. The number of benzene rings is 2. The van der Waals surface area contributed by atoms with Crippen LogP contribution in [-0.2, 0) is 17.9 Å². The lowest BCUT2D eigenvalue weighted by molar-refractivity contribution is -0.113. The van der Waals surface area contributed by atoms with Crippen LogP contribution in [0.4, 0.5) is 5.69 Å². The Morgan fingerprint density at radius 3 is 2.67 bits per heavy atom. The quantitative estimate of drug-likeness (QED) is 0.443. The van der Waals surface area contributed by atoms with E-state index in [0.717, 1.165) is 11.3 Å². The first-order chi connectivity index (χ1) is 14.4. The number of amides is 1. The van der Waals surface area contributed by atoms with E-state index in [9.17, 15) is 4.79 Å². The van der Waals surface area contributed by atoms with Crippen LogP contribution in [0.2, 0.25) is 10.0 Å². The molecule has 3 aromatic rings. The fourth-order valence-electron chi connectivity index (χ4n) is 2.86. The van der Waals surface area contributed by atoms with Gasteiger partial charge < -0.3 is 14.6 Å². The summed E-state index contributed by atoms with van der Waals surface area (Å²) in [5.74, 6) is 1.51. The van der Waals surface area contributed by atoms with Gasteiger partial charge in [-0.15, -0.1) is 10.2 Å². The SMILES string of the molecule is CCn1c(COc2ccc(C)cc2C)nnc1SCC(=O)Nc1ccc(Cl)cc1Cl. The molecule has 0 spiro atoms. The summed E-state index contributed by atoms with van der Waals surface area (Å²) in [6.45, 7) is 7.04. The lowest BCUT2D eigenvalue weighted by atomic mass is 10.1. The van der Waals surface area contributed by atoms with E-state index in [1.165, 1.54) is 17.3 Å². The van der Waals surface area contributed by atoms with Gasteiger partial charge in [0.25, 0.3) is 0 Å². The summed E-state index contributed by atoms with van der Waals surface area (Å²) < 4.78 is 7.86. The molecule has 1 heterocycles. The Kier molecular flexibility index (Phi) is 7.64. The zero-order valence-electron chi connectivity index (χ0n) is 16.9. The zero-order chi connectivity index (χ0) is 21.7. The van der Waals surface area contributed by atoms with E-state index >= 15 is 0 Å². The predicted molar refractivity (Wildman–Crippen MR) is 122 cm³/mol. The van der Waals surface area contributed by atoms with Crippen LogP contribution in [0.5, 0.6) is 5.75 Å². The van der Waals surface area contributed by atoms with Crippen LogP contribution in [0.3, 0.4) is 0 Å². The highest BCUT2D eigenvalue weighted by Crippen LogP contribution is 2.26. The first kappa shape index (κ1) is 22.5. The lowest BCUT2D eigenvalue weighted by Crippen LogP contribution is -2.15. The highest BCUT2D eigenvalue weighted by molar-refractivity contribution is 7.99. The number of nitrogens with one attached hydrogen (secondary N) is 1. The summed E-state index contributed by atoms with van der Waals surface area (Å²) in [5.41, 5.74) is 2.78. The Balaban J connectivity index is 1.60. The van der Waals surface area contributed by atoms with Gasteiger partial charge in [-0.05, 0) is 50.6 Å². The van der Waals surface area contributed by atoms with Crippen LogP contribution < -0.4 is 10.1 Å². The van der Waals surface area contributed by atoms with Gasteiger partial charge in [-0.2, -0.15) is 0 Å². The molecule has 0 radical (unpaired) electrons. The number of hydrogen-bond donors (Lipinski definition) is 1. The normalized spacial score (nSPS) is 10.8. The average Bonchev–Trinajstić information content (AvgIpc) is 3.09. The maximum Gasteiger partial charge on any atom is 0.234 e. The van der Waals surface area contributed by atoms with Crippen molar-refractivity contribution in [2.75, 3.05) is 11.1 Å². The van der Waals surface area contributed by atoms with E-state index in [1.807, 2.05) is 37.5 Å². The van der Waals surface area contributed by atoms with Crippen molar-refractivity contribution in [2.24, 2.45) is 0 Å². The smallest absolute Gasteiger partial charge is 0.234 e.